The van der Waals surface area contributed by atoms with Crippen LogP contribution in [0.1, 0.15) is 47.5 Å². The Morgan fingerprint density at radius 3 is 2.41 bits per heavy atom. The van der Waals surface area contributed by atoms with Crippen LogP contribution in [0, 0.1) is 11.3 Å². The van der Waals surface area contributed by atoms with Crippen LogP contribution in [0.25, 0.3) is 0 Å². The summed E-state index contributed by atoms with van der Waals surface area (Å²) in [7, 11) is 1.43. The molecule has 1 fully saturated rings. The van der Waals surface area contributed by atoms with Crippen LogP contribution in [-0.2, 0) is 9.53 Å². The second kappa shape index (κ2) is 5.07. The van der Waals surface area contributed by atoms with Crippen molar-refractivity contribution in [3.05, 3.63) is 22.8 Å². The van der Waals surface area contributed by atoms with Crippen molar-refractivity contribution in [2.45, 2.75) is 47.5 Å². The molecule has 17 heavy (non-hydrogen) atoms. The molecule has 1 aliphatic carbocycles. The molecule has 0 aromatic carbocycles. The number of ether oxygens (including phenoxy) is 1. The Kier molecular flexibility index (Phi) is 4.18. The van der Waals surface area contributed by atoms with E-state index in [1.165, 1.54) is 12.7 Å². The van der Waals surface area contributed by atoms with Gasteiger partial charge in [0.1, 0.15) is 0 Å². The van der Waals surface area contributed by atoms with E-state index in [1.54, 1.807) is 5.57 Å². The minimum Gasteiger partial charge on any atom is -0.469 e. The predicted molar refractivity (Wildman–Crippen MR) is 70.7 cm³/mol. The van der Waals surface area contributed by atoms with Gasteiger partial charge in [-0.05, 0) is 38.5 Å². The Morgan fingerprint density at radius 1 is 1.41 bits per heavy atom. The van der Waals surface area contributed by atoms with Crippen LogP contribution in [0.15, 0.2) is 22.8 Å². The average molecular weight is 236 g/mol. The molecular weight excluding hydrogens is 212 g/mol. The number of esters is 1. The van der Waals surface area contributed by atoms with E-state index in [1.807, 2.05) is 6.92 Å². The fraction of sp³-hybridized carbons (Fsp3) is 0.667. The van der Waals surface area contributed by atoms with E-state index in [0.29, 0.717) is 12.3 Å². The SMILES string of the molecule is COC(=O)CC(C)=CC1CC(=C(C)C)C1(C)C. The topological polar surface area (TPSA) is 26.3 Å². The first kappa shape index (κ1) is 14.0. The fourth-order valence-electron chi connectivity index (χ4n) is 2.65. The Labute approximate surface area is 105 Å². The molecule has 0 spiro atoms. The van der Waals surface area contributed by atoms with E-state index in [-0.39, 0.29) is 11.4 Å². The molecule has 0 amide bonds. The maximum absolute atomic E-state index is 11.2. The van der Waals surface area contributed by atoms with Gasteiger partial charge in [0.25, 0.3) is 0 Å². The highest BCUT2D eigenvalue weighted by atomic mass is 16.5. The van der Waals surface area contributed by atoms with Crippen molar-refractivity contribution in [1.29, 1.82) is 0 Å². The Bertz CT molecular complexity index is 368. The molecule has 0 aliphatic heterocycles. The molecule has 2 nitrogen and oxygen atoms in total. The molecule has 0 heterocycles. The normalized spacial score (nSPS) is 23.1. The predicted octanol–water partition coefficient (Wildman–Crippen LogP) is 3.88. The Balaban J connectivity index is 2.70. The summed E-state index contributed by atoms with van der Waals surface area (Å²) in [6, 6.07) is 0. The molecular formula is C15H24O2. The summed E-state index contributed by atoms with van der Waals surface area (Å²) in [6.45, 7) is 10.9. The molecule has 1 aliphatic rings. The van der Waals surface area contributed by atoms with Crippen LogP contribution in [0.3, 0.4) is 0 Å². The zero-order valence-electron chi connectivity index (χ0n) is 11.9. The largest absolute Gasteiger partial charge is 0.469 e. The monoisotopic (exact) mass is 236 g/mol. The molecule has 2 heteroatoms. The van der Waals surface area contributed by atoms with Crippen LogP contribution >= 0.6 is 0 Å². The summed E-state index contributed by atoms with van der Waals surface area (Å²) >= 11 is 0. The lowest BCUT2D eigenvalue weighted by atomic mass is 9.57. The molecule has 1 unspecified atom stereocenters. The number of hydrogen-bond donors (Lipinski definition) is 0. The van der Waals surface area contributed by atoms with Crippen LogP contribution in [0.5, 0.6) is 0 Å². The summed E-state index contributed by atoms with van der Waals surface area (Å²) in [5.41, 5.74) is 4.36. The van der Waals surface area contributed by atoms with Gasteiger partial charge in [-0.25, -0.2) is 0 Å². The molecule has 1 rings (SSSR count). The fourth-order valence-corrected chi connectivity index (χ4v) is 2.65. The maximum Gasteiger partial charge on any atom is 0.309 e. The number of rotatable bonds is 3. The Hall–Kier alpha value is -1.05. The van der Waals surface area contributed by atoms with Crippen LogP contribution in [0.2, 0.25) is 0 Å². The van der Waals surface area contributed by atoms with Crippen molar-refractivity contribution in [3.8, 4) is 0 Å². The summed E-state index contributed by atoms with van der Waals surface area (Å²) in [6.07, 6.45) is 3.78. The first-order chi connectivity index (χ1) is 7.78. The Morgan fingerprint density at radius 2 is 2.00 bits per heavy atom. The average Bonchev–Trinajstić information content (AvgIpc) is 2.22. The lowest BCUT2D eigenvalue weighted by Crippen LogP contribution is -2.37. The lowest BCUT2D eigenvalue weighted by Gasteiger charge is -2.47. The lowest BCUT2D eigenvalue weighted by molar-refractivity contribution is -0.139. The number of hydrogen-bond acceptors (Lipinski definition) is 2. The van der Waals surface area contributed by atoms with Crippen molar-refractivity contribution in [2.24, 2.45) is 11.3 Å². The van der Waals surface area contributed by atoms with Crippen molar-refractivity contribution >= 4 is 5.97 Å². The minimum atomic E-state index is -0.154. The van der Waals surface area contributed by atoms with E-state index < -0.39 is 0 Å². The van der Waals surface area contributed by atoms with Gasteiger partial charge in [-0.2, -0.15) is 0 Å². The summed E-state index contributed by atoms with van der Waals surface area (Å²) < 4.78 is 4.68. The van der Waals surface area contributed by atoms with Gasteiger partial charge in [-0.1, -0.05) is 36.6 Å². The van der Waals surface area contributed by atoms with Gasteiger partial charge in [0, 0.05) is 0 Å². The minimum absolute atomic E-state index is 0.154. The molecule has 1 saturated carbocycles. The van der Waals surface area contributed by atoms with Gasteiger partial charge in [0.15, 0.2) is 0 Å². The standard InChI is InChI=1S/C15H24O2/c1-10(2)13-9-12(15(13,4)5)7-11(3)8-14(16)17-6/h7,12H,8-9H2,1-6H3. The van der Waals surface area contributed by atoms with Crippen molar-refractivity contribution in [3.63, 3.8) is 0 Å². The molecule has 0 aromatic rings. The zero-order valence-corrected chi connectivity index (χ0v) is 11.9. The van der Waals surface area contributed by atoms with Crippen LogP contribution < -0.4 is 0 Å². The number of methoxy groups -OCH3 is 1. The van der Waals surface area contributed by atoms with Gasteiger partial charge >= 0.3 is 5.97 Å². The third kappa shape index (κ3) is 2.99. The molecule has 1 atom stereocenters. The molecule has 0 saturated heterocycles. The molecule has 96 valence electrons. The number of carbonyl (C=O) groups is 1. The molecule has 0 N–H and O–H groups in total. The first-order valence-electron chi connectivity index (χ1n) is 6.20. The smallest absolute Gasteiger partial charge is 0.309 e. The highest BCUT2D eigenvalue weighted by Crippen LogP contribution is 2.53. The van der Waals surface area contributed by atoms with Crippen LogP contribution in [0.4, 0.5) is 0 Å². The van der Waals surface area contributed by atoms with E-state index in [2.05, 4.69) is 38.5 Å². The number of carbonyl (C=O) groups excluding carboxylic acids is 1. The second-order valence-corrected chi connectivity index (χ2v) is 5.78. The van der Waals surface area contributed by atoms with E-state index in [0.717, 1.165) is 12.0 Å². The quantitative estimate of drug-likeness (QED) is 0.549. The molecule has 0 radical (unpaired) electrons. The molecule has 0 aromatic heterocycles. The number of allylic oxidation sites excluding steroid dienone is 3. The molecule has 0 bridgehead atoms. The van der Waals surface area contributed by atoms with Crippen molar-refractivity contribution in [1.82, 2.24) is 0 Å². The van der Waals surface area contributed by atoms with E-state index >= 15 is 0 Å². The highest BCUT2D eigenvalue weighted by molar-refractivity contribution is 5.72. The van der Waals surface area contributed by atoms with Gasteiger partial charge in [0.2, 0.25) is 0 Å². The van der Waals surface area contributed by atoms with Crippen LogP contribution in [-0.4, -0.2) is 13.1 Å². The van der Waals surface area contributed by atoms with E-state index in [4.69, 9.17) is 0 Å². The van der Waals surface area contributed by atoms with Gasteiger partial charge in [-0.15, -0.1) is 0 Å². The van der Waals surface area contributed by atoms with Gasteiger partial charge in [-0.3, -0.25) is 4.79 Å². The maximum atomic E-state index is 11.2. The highest BCUT2D eigenvalue weighted by Gasteiger charge is 2.42. The van der Waals surface area contributed by atoms with E-state index in [9.17, 15) is 4.79 Å². The summed E-state index contributed by atoms with van der Waals surface area (Å²) in [5.74, 6) is 0.398. The van der Waals surface area contributed by atoms with Crippen molar-refractivity contribution in [2.75, 3.05) is 7.11 Å². The van der Waals surface area contributed by atoms with Gasteiger partial charge in [0.05, 0.1) is 13.5 Å². The third-order valence-corrected chi connectivity index (χ3v) is 3.87. The summed E-state index contributed by atoms with van der Waals surface area (Å²) in [5, 5.41) is 0. The van der Waals surface area contributed by atoms with Crippen molar-refractivity contribution < 1.29 is 9.53 Å². The summed E-state index contributed by atoms with van der Waals surface area (Å²) in [4.78, 5) is 11.2. The second-order valence-electron chi connectivity index (χ2n) is 5.78. The first-order valence-corrected chi connectivity index (χ1v) is 6.20. The van der Waals surface area contributed by atoms with Gasteiger partial charge < -0.3 is 4.74 Å². The zero-order chi connectivity index (χ0) is 13.2. The third-order valence-electron chi connectivity index (χ3n) is 3.87.